The predicted molar refractivity (Wildman–Crippen MR) is 84.9 cm³/mol. The van der Waals surface area contributed by atoms with Gasteiger partial charge in [0.05, 0.1) is 0 Å². The Balaban J connectivity index is 2.85. The largest absolute Gasteiger partial charge is 0.478 e. The number of aromatic amines is 1. The van der Waals surface area contributed by atoms with Gasteiger partial charge in [-0.2, -0.15) is 0 Å². The molecule has 2 aromatic rings. The lowest BCUT2D eigenvalue weighted by molar-refractivity contribution is 0.0695. The van der Waals surface area contributed by atoms with Crippen molar-refractivity contribution in [2.75, 3.05) is 5.73 Å². The Bertz CT molecular complexity index is 835. The van der Waals surface area contributed by atoms with Crippen LogP contribution in [0.4, 0.5) is 5.82 Å². The van der Waals surface area contributed by atoms with Crippen molar-refractivity contribution in [3.05, 3.63) is 51.3 Å². The summed E-state index contributed by atoms with van der Waals surface area (Å²) in [5, 5.41) is 18.6. The zero-order chi connectivity index (χ0) is 17.3. The van der Waals surface area contributed by atoms with E-state index in [1.54, 1.807) is 24.3 Å². The molecule has 7 heteroatoms. The summed E-state index contributed by atoms with van der Waals surface area (Å²) in [7, 11) is 0. The maximum Gasteiger partial charge on any atom is 0.342 e. The van der Waals surface area contributed by atoms with Crippen molar-refractivity contribution < 1.29 is 19.8 Å². The summed E-state index contributed by atoms with van der Waals surface area (Å²) in [6, 6.07) is 6.69. The maximum absolute atomic E-state index is 11.9. The fraction of sp³-hybridized carbons (Fsp3) is 0.188. The van der Waals surface area contributed by atoms with Crippen molar-refractivity contribution in [2.45, 2.75) is 19.8 Å². The molecule has 0 bridgehead atoms. The van der Waals surface area contributed by atoms with Gasteiger partial charge in [-0.3, -0.25) is 4.79 Å². The van der Waals surface area contributed by atoms with E-state index in [0.29, 0.717) is 5.56 Å². The predicted octanol–water partition coefficient (Wildman–Crippen LogP) is 2.14. The van der Waals surface area contributed by atoms with Crippen LogP contribution in [0.25, 0.3) is 11.1 Å². The monoisotopic (exact) mass is 316 g/mol. The number of hydrogen-bond acceptors (Lipinski definition) is 4. The molecule has 5 N–H and O–H groups in total. The number of rotatable bonds is 4. The summed E-state index contributed by atoms with van der Waals surface area (Å²) < 4.78 is 0. The third-order valence-electron chi connectivity index (χ3n) is 3.54. The Hall–Kier alpha value is -3.09. The Morgan fingerprint density at radius 1 is 1.04 bits per heavy atom. The summed E-state index contributed by atoms with van der Waals surface area (Å²) in [4.78, 5) is 36.9. The second-order valence-electron chi connectivity index (χ2n) is 5.38. The summed E-state index contributed by atoms with van der Waals surface area (Å²) in [6.45, 7) is 3.98. The van der Waals surface area contributed by atoms with Gasteiger partial charge in [-0.15, -0.1) is 0 Å². The molecule has 0 aliphatic carbocycles. The summed E-state index contributed by atoms with van der Waals surface area (Å²) >= 11 is 0. The lowest BCUT2D eigenvalue weighted by Crippen LogP contribution is -2.24. The minimum Gasteiger partial charge on any atom is -0.478 e. The normalized spacial score (nSPS) is 10.7. The van der Waals surface area contributed by atoms with E-state index in [1.165, 1.54) is 0 Å². The molecule has 0 fully saturated rings. The molecule has 1 aromatic carbocycles. The third-order valence-corrected chi connectivity index (χ3v) is 3.54. The van der Waals surface area contributed by atoms with Crippen molar-refractivity contribution in [3.63, 3.8) is 0 Å². The van der Waals surface area contributed by atoms with Crippen molar-refractivity contribution in [1.82, 2.24) is 4.98 Å². The van der Waals surface area contributed by atoms with Crippen LogP contribution in [0.15, 0.2) is 29.1 Å². The zero-order valence-corrected chi connectivity index (χ0v) is 12.6. The van der Waals surface area contributed by atoms with E-state index in [9.17, 15) is 24.6 Å². The van der Waals surface area contributed by atoms with Crippen molar-refractivity contribution in [2.24, 2.45) is 0 Å². The van der Waals surface area contributed by atoms with Crippen LogP contribution in [0.5, 0.6) is 0 Å². The first-order valence-corrected chi connectivity index (χ1v) is 6.86. The molecule has 1 aromatic heterocycles. The van der Waals surface area contributed by atoms with Gasteiger partial charge in [-0.1, -0.05) is 38.1 Å². The zero-order valence-electron chi connectivity index (χ0n) is 12.6. The number of nitrogens with one attached hydrogen (secondary N) is 1. The molecule has 0 aliphatic rings. The topological polar surface area (TPSA) is 133 Å². The highest BCUT2D eigenvalue weighted by Crippen LogP contribution is 2.30. The Morgan fingerprint density at radius 2 is 1.57 bits per heavy atom. The van der Waals surface area contributed by atoms with Crippen LogP contribution in [0.2, 0.25) is 0 Å². The second-order valence-corrected chi connectivity index (χ2v) is 5.38. The number of aromatic nitrogens is 1. The summed E-state index contributed by atoms with van der Waals surface area (Å²) in [5.41, 5.74) is 4.68. The number of pyridine rings is 1. The van der Waals surface area contributed by atoms with Crippen LogP contribution in [-0.2, 0) is 0 Å². The molecule has 0 saturated carbocycles. The van der Waals surface area contributed by atoms with Gasteiger partial charge >= 0.3 is 11.9 Å². The Kier molecular flexibility index (Phi) is 4.22. The van der Waals surface area contributed by atoms with E-state index >= 15 is 0 Å². The van der Waals surface area contributed by atoms with Gasteiger partial charge in [0.2, 0.25) is 0 Å². The highest BCUT2D eigenvalue weighted by Gasteiger charge is 2.26. The molecule has 0 unspecified atom stereocenters. The molecule has 0 radical (unpaired) electrons. The van der Waals surface area contributed by atoms with Crippen LogP contribution in [0.1, 0.15) is 46.0 Å². The molecule has 0 aliphatic heterocycles. The number of anilines is 1. The molecule has 0 spiro atoms. The summed E-state index contributed by atoms with van der Waals surface area (Å²) in [6.07, 6.45) is 0. The fourth-order valence-electron chi connectivity index (χ4n) is 2.37. The fourth-order valence-corrected chi connectivity index (χ4v) is 2.37. The van der Waals surface area contributed by atoms with Gasteiger partial charge < -0.3 is 20.9 Å². The van der Waals surface area contributed by atoms with Crippen LogP contribution in [0, 0.1) is 0 Å². The first kappa shape index (κ1) is 16.3. The molecule has 7 nitrogen and oxygen atoms in total. The molecular weight excluding hydrogens is 300 g/mol. The average Bonchev–Trinajstić information content (AvgIpc) is 2.45. The smallest absolute Gasteiger partial charge is 0.342 e. The maximum atomic E-state index is 11.9. The molecular formula is C16H16N2O5. The molecule has 0 saturated heterocycles. The Labute approximate surface area is 131 Å². The lowest BCUT2D eigenvalue weighted by atomic mass is 9.93. The van der Waals surface area contributed by atoms with E-state index in [0.717, 1.165) is 5.56 Å². The number of nitrogen functional groups attached to an aromatic ring is 1. The number of carboxylic acids is 2. The molecule has 1 heterocycles. The van der Waals surface area contributed by atoms with Crippen molar-refractivity contribution in [1.29, 1.82) is 0 Å². The van der Waals surface area contributed by atoms with Gasteiger partial charge in [0.1, 0.15) is 16.9 Å². The van der Waals surface area contributed by atoms with Gasteiger partial charge in [0.25, 0.3) is 5.56 Å². The third kappa shape index (κ3) is 2.94. The van der Waals surface area contributed by atoms with E-state index in [2.05, 4.69) is 4.98 Å². The van der Waals surface area contributed by atoms with E-state index in [4.69, 9.17) is 5.73 Å². The SMILES string of the molecule is CC(C)c1ccc(-c2c(C(=O)O)c(N)[nH]c(=O)c2C(=O)O)cc1. The number of hydrogen-bond donors (Lipinski definition) is 4. The van der Waals surface area contributed by atoms with Crippen LogP contribution < -0.4 is 11.3 Å². The van der Waals surface area contributed by atoms with Crippen molar-refractivity contribution >= 4 is 17.8 Å². The molecule has 120 valence electrons. The Morgan fingerprint density at radius 3 is 2.00 bits per heavy atom. The van der Waals surface area contributed by atoms with Crippen LogP contribution in [-0.4, -0.2) is 27.1 Å². The van der Waals surface area contributed by atoms with Crippen molar-refractivity contribution in [3.8, 4) is 11.1 Å². The molecule has 2 rings (SSSR count). The summed E-state index contributed by atoms with van der Waals surface area (Å²) in [5.74, 6) is -3.05. The first-order valence-electron chi connectivity index (χ1n) is 6.86. The molecule has 23 heavy (non-hydrogen) atoms. The second kappa shape index (κ2) is 5.96. The number of carboxylic acid groups (broad SMARTS) is 2. The minimum atomic E-state index is -1.52. The lowest BCUT2D eigenvalue weighted by Gasteiger charge is -2.13. The standard InChI is InChI=1S/C16H16N2O5/c1-7(2)8-3-5-9(6-4-8)10-11(15(20)21)13(17)18-14(19)12(10)16(22)23/h3-7H,1-2H3,(H,20,21)(H,22,23)(H3,17,18,19). The number of benzene rings is 1. The minimum absolute atomic E-state index is 0.193. The number of carbonyl (C=O) groups is 2. The quantitative estimate of drug-likeness (QED) is 0.683. The van der Waals surface area contributed by atoms with E-state index < -0.39 is 28.6 Å². The van der Waals surface area contributed by atoms with Gasteiger partial charge in [-0.05, 0) is 17.0 Å². The average molecular weight is 316 g/mol. The van der Waals surface area contributed by atoms with Gasteiger partial charge in [-0.25, -0.2) is 9.59 Å². The first-order chi connectivity index (χ1) is 10.7. The molecule has 0 atom stereocenters. The van der Waals surface area contributed by atoms with Gasteiger partial charge in [0.15, 0.2) is 0 Å². The van der Waals surface area contributed by atoms with Crippen LogP contribution >= 0.6 is 0 Å². The van der Waals surface area contributed by atoms with E-state index in [-0.39, 0.29) is 17.3 Å². The number of nitrogens with two attached hydrogens (primary N) is 1. The van der Waals surface area contributed by atoms with E-state index in [1.807, 2.05) is 13.8 Å². The highest BCUT2D eigenvalue weighted by molar-refractivity contribution is 6.07. The molecule has 0 amide bonds. The highest BCUT2D eigenvalue weighted by atomic mass is 16.4. The number of aromatic carboxylic acids is 2. The van der Waals surface area contributed by atoms with Crippen LogP contribution in [0.3, 0.4) is 0 Å². The van der Waals surface area contributed by atoms with Gasteiger partial charge in [0, 0.05) is 5.56 Å². The number of H-pyrrole nitrogens is 1.